The van der Waals surface area contributed by atoms with Gasteiger partial charge in [-0.2, -0.15) is 0 Å². The van der Waals surface area contributed by atoms with E-state index >= 15 is 0 Å². The fourth-order valence-electron chi connectivity index (χ4n) is 4.17. The lowest BCUT2D eigenvalue weighted by atomic mass is 10.0. The van der Waals surface area contributed by atoms with Crippen LogP contribution in [0.15, 0.2) is 42.6 Å². The minimum Gasteiger partial charge on any atom is -0.488 e. The standard InChI is InChI=1S/C26H34FN3O4/c1-17(29-8-12-33-23-6-3-20(27)16-24(23)34-21-4-5-21)13-18-14-19-7-10-30(9-2-11-31)25(19)22(15-18)26(28)32/h3,6-7,10,14-17,21,26,29,31-32H,2,4-5,8-9,11-13,28H2,1H3. The molecule has 5 N–H and O–H groups in total. The van der Waals surface area contributed by atoms with Gasteiger partial charge in [0.15, 0.2) is 11.5 Å². The molecule has 184 valence electrons. The summed E-state index contributed by atoms with van der Waals surface area (Å²) in [6.45, 7) is 3.92. The van der Waals surface area contributed by atoms with E-state index in [-0.39, 0.29) is 24.6 Å². The Labute approximate surface area is 199 Å². The Balaban J connectivity index is 1.33. The lowest BCUT2D eigenvalue weighted by Gasteiger charge is -2.18. The van der Waals surface area contributed by atoms with Crippen molar-refractivity contribution in [1.29, 1.82) is 0 Å². The first-order valence-corrected chi connectivity index (χ1v) is 11.9. The third-order valence-corrected chi connectivity index (χ3v) is 5.94. The van der Waals surface area contributed by atoms with Crippen LogP contribution in [0.5, 0.6) is 11.5 Å². The minimum absolute atomic E-state index is 0.112. The molecule has 0 amide bonds. The predicted octanol–water partition coefficient (Wildman–Crippen LogP) is 3.25. The maximum Gasteiger partial charge on any atom is 0.164 e. The molecule has 8 heteroatoms. The zero-order chi connectivity index (χ0) is 24.1. The fourth-order valence-corrected chi connectivity index (χ4v) is 4.17. The van der Waals surface area contributed by atoms with Crippen LogP contribution in [0.2, 0.25) is 0 Å². The maximum atomic E-state index is 13.6. The molecule has 4 rings (SSSR count). The highest BCUT2D eigenvalue weighted by molar-refractivity contribution is 5.84. The number of halogens is 1. The Morgan fingerprint density at radius 3 is 2.76 bits per heavy atom. The Morgan fingerprint density at radius 2 is 2.03 bits per heavy atom. The molecule has 0 spiro atoms. The summed E-state index contributed by atoms with van der Waals surface area (Å²) >= 11 is 0. The number of ether oxygens (including phenoxy) is 2. The molecule has 0 radical (unpaired) electrons. The summed E-state index contributed by atoms with van der Waals surface area (Å²) in [5.41, 5.74) is 8.54. The molecule has 1 aliphatic carbocycles. The van der Waals surface area contributed by atoms with Gasteiger partial charge in [-0.25, -0.2) is 4.39 Å². The highest BCUT2D eigenvalue weighted by atomic mass is 19.1. The van der Waals surface area contributed by atoms with E-state index in [4.69, 9.17) is 20.3 Å². The monoisotopic (exact) mass is 471 g/mol. The normalized spacial score (nSPS) is 15.4. The van der Waals surface area contributed by atoms with Gasteiger partial charge >= 0.3 is 0 Å². The summed E-state index contributed by atoms with van der Waals surface area (Å²) in [6.07, 6.45) is 4.44. The number of nitrogens with two attached hydrogens (primary N) is 1. The van der Waals surface area contributed by atoms with Crippen molar-refractivity contribution < 1.29 is 24.1 Å². The lowest BCUT2D eigenvalue weighted by Crippen LogP contribution is -2.32. The third kappa shape index (κ3) is 6.27. The molecular weight excluding hydrogens is 437 g/mol. The van der Waals surface area contributed by atoms with Gasteiger partial charge in [-0.3, -0.25) is 0 Å². The van der Waals surface area contributed by atoms with Crippen molar-refractivity contribution in [1.82, 2.24) is 9.88 Å². The molecule has 1 aliphatic rings. The molecule has 1 saturated carbocycles. The fraction of sp³-hybridized carbons (Fsp3) is 0.462. The average Bonchev–Trinajstić information content (AvgIpc) is 3.53. The second-order valence-electron chi connectivity index (χ2n) is 8.97. The van der Waals surface area contributed by atoms with Gasteiger partial charge in [0, 0.05) is 49.0 Å². The van der Waals surface area contributed by atoms with Crippen molar-refractivity contribution in [2.24, 2.45) is 5.73 Å². The molecule has 2 atom stereocenters. The maximum absolute atomic E-state index is 13.6. The molecule has 0 bridgehead atoms. The summed E-state index contributed by atoms with van der Waals surface area (Å²) in [5.74, 6) is 0.681. The largest absolute Gasteiger partial charge is 0.488 e. The predicted molar refractivity (Wildman–Crippen MR) is 130 cm³/mol. The average molecular weight is 472 g/mol. The molecule has 0 aliphatic heterocycles. The molecule has 1 aromatic heterocycles. The van der Waals surface area contributed by atoms with Crippen molar-refractivity contribution in [2.75, 3.05) is 19.8 Å². The molecule has 1 heterocycles. The highest BCUT2D eigenvalue weighted by Gasteiger charge is 2.25. The van der Waals surface area contributed by atoms with Crippen LogP contribution in [0.25, 0.3) is 10.9 Å². The van der Waals surface area contributed by atoms with Crippen LogP contribution < -0.4 is 20.5 Å². The van der Waals surface area contributed by atoms with Gasteiger partial charge in [0.1, 0.15) is 18.7 Å². The van der Waals surface area contributed by atoms with E-state index in [1.165, 1.54) is 12.1 Å². The Bertz CT molecular complexity index is 1100. The summed E-state index contributed by atoms with van der Waals surface area (Å²) in [5, 5.41) is 23.8. The van der Waals surface area contributed by atoms with Crippen LogP contribution in [0, 0.1) is 5.82 Å². The lowest BCUT2D eigenvalue weighted by molar-refractivity contribution is 0.187. The number of hydrogen-bond donors (Lipinski definition) is 4. The first-order chi connectivity index (χ1) is 16.4. The number of rotatable bonds is 13. The number of aliphatic hydroxyl groups is 2. The van der Waals surface area contributed by atoms with Crippen molar-refractivity contribution in [3.63, 3.8) is 0 Å². The Hall–Kier alpha value is -2.65. The van der Waals surface area contributed by atoms with Gasteiger partial charge in [-0.15, -0.1) is 0 Å². The summed E-state index contributed by atoms with van der Waals surface area (Å²) in [7, 11) is 0. The highest BCUT2D eigenvalue weighted by Crippen LogP contribution is 2.34. The molecule has 34 heavy (non-hydrogen) atoms. The first-order valence-electron chi connectivity index (χ1n) is 11.9. The molecule has 1 fully saturated rings. The number of aromatic nitrogens is 1. The van der Waals surface area contributed by atoms with Gasteiger partial charge in [0.05, 0.1) is 11.6 Å². The van der Waals surface area contributed by atoms with Crippen LogP contribution >= 0.6 is 0 Å². The van der Waals surface area contributed by atoms with Crippen molar-refractivity contribution >= 4 is 10.9 Å². The summed E-state index contributed by atoms with van der Waals surface area (Å²) in [4.78, 5) is 0. The molecule has 2 unspecified atom stereocenters. The summed E-state index contributed by atoms with van der Waals surface area (Å²) in [6, 6.07) is 10.6. The van der Waals surface area contributed by atoms with E-state index < -0.39 is 6.23 Å². The van der Waals surface area contributed by atoms with Crippen LogP contribution in [0.3, 0.4) is 0 Å². The molecular formula is C26H34FN3O4. The van der Waals surface area contributed by atoms with Gasteiger partial charge < -0.3 is 35.3 Å². The molecule has 7 nitrogen and oxygen atoms in total. The number of nitrogens with one attached hydrogen (secondary N) is 1. The van der Waals surface area contributed by atoms with E-state index in [9.17, 15) is 9.50 Å². The molecule has 0 saturated heterocycles. The van der Waals surface area contributed by atoms with Crippen LogP contribution in [0.4, 0.5) is 4.39 Å². The third-order valence-electron chi connectivity index (χ3n) is 5.94. The summed E-state index contributed by atoms with van der Waals surface area (Å²) < 4.78 is 27.2. The SMILES string of the molecule is CC(Cc1cc(C(N)O)c2c(ccn2CCCO)c1)NCCOc1ccc(F)cc1OC1CC1. The zero-order valence-corrected chi connectivity index (χ0v) is 19.5. The number of nitrogens with zero attached hydrogens (tertiary/aromatic N) is 1. The minimum atomic E-state index is -1.08. The van der Waals surface area contributed by atoms with Gasteiger partial charge in [0.2, 0.25) is 0 Å². The topological polar surface area (TPSA) is 102 Å². The Kier molecular flexibility index (Phi) is 8.05. The van der Waals surface area contributed by atoms with E-state index in [0.717, 1.165) is 35.7 Å². The van der Waals surface area contributed by atoms with Gasteiger partial charge in [-0.1, -0.05) is 0 Å². The van der Waals surface area contributed by atoms with Crippen LogP contribution in [0.1, 0.15) is 43.5 Å². The van der Waals surface area contributed by atoms with Gasteiger partial charge in [0.25, 0.3) is 0 Å². The number of aliphatic hydroxyl groups excluding tert-OH is 2. The number of hydrogen-bond acceptors (Lipinski definition) is 6. The van der Waals surface area contributed by atoms with Crippen molar-refractivity contribution in [2.45, 2.75) is 57.5 Å². The van der Waals surface area contributed by atoms with Crippen molar-refractivity contribution in [3.05, 3.63) is 59.5 Å². The first kappa shape index (κ1) is 24.5. The van der Waals surface area contributed by atoms with E-state index in [1.807, 2.05) is 22.9 Å². The second kappa shape index (κ2) is 11.2. The van der Waals surface area contributed by atoms with Gasteiger partial charge in [-0.05, 0) is 68.5 Å². The molecule has 3 aromatic rings. The number of aryl methyl sites for hydroxylation is 1. The van der Waals surface area contributed by atoms with E-state index in [1.54, 1.807) is 6.07 Å². The van der Waals surface area contributed by atoms with Crippen molar-refractivity contribution in [3.8, 4) is 11.5 Å². The molecule has 2 aromatic carbocycles. The smallest absolute Gasteiger partial charge is 0.164 e. The van der Waals surface area contributed by atoms with E-state index in [0.29, 0.717) is 43.2 Å². The van der Waals surface area contributed by atoms with E-state index in [2.05, 4.69) is 18.3 Å². The second-order valence-corrected chi connectivity index (χ2v) is 8.97. The van der Waals surface area contributed by atoms with Crippen LogP contribution in [-0.4, -0.2) is 46.7 Å². The quantitative estimate of drug-likeness (QED) is 0.226. The number of fused-ring (bicyclic) bond motifs is 1. The number of benzene rings is 2. The zero-order valence-electron chi connectivity index (χ0n) is 19.5. The Morgan fingerprint density at radius 1 is 1.21 bits per heavy atom. The van der Waals surface area contributed by atoms with Crippen LogP contribution in [-0.2, 0) is 13.0 Å².